The molecule has 0 saturated heterocycles. The average Bonchev–Trinajstić information content (AvgIpc) is 2.96. The van der Waals surface area contributed by atoms with E-state index in [0.29, 0.717) is 19.6 Å². The van der Waals surface area contributed by atoms with E-state index in [0.717, 1.165) is 35.3 Å². The Morgan fingerprint density at radius 2 is 1.42 bits per heavy atom. The van der Waals surface area contributed by atoms with E-state index in [9.17, 15) is 9.90 Å². The van der Waals surface area contributed by atoms with Crippen molar-refractivity contribution in [1.82, 2.24) is 0 Å². The molecule has 1 N–H and O–H groups in total. The highest BCUT2D eigenvalue weighted by molar-refractivity contribution is 5.72. The molecule has 0 amide bonds. The Kier molecular flexibility index (Phi) is 9.89. The predicted octanol–water partition coefficient (Wildman–Crippen LogP) is 7.48. The molecule has 4 aromatic carbocycles. The van der Waals surface area contributed by atoms with Crippen molar-refractivity contribution in [2.75, 3.05) is 13.2 Å². The summed E-state index contributed by atoms with van der Waals surface area (Å²) in [5.41, 5.74) is 6.84. The highest BCUT2D eigenvalue weighted by atomic mass is 16.5. The first kappa shape index (κ1) is 26.9. The highest BCUT2D eigenvalue weighted by Crippen LogP contribution is 2.22. The van der Waals surface area contributed by atoms with E-state index < -0.39 is 12.1 Å². The number of carboxylic acids is 1. The third-order valence-electron chi connectivity index (χ3n) is 6.48. The SMILES string of the molecule is C/C(=C/COc1ccc(CC(OCCCc2ccccc2)C(=O)O)cc1)c1ccc(-c2ccccc2)cc1. The van der Waals surface area contributed by atoms with Gasteiger partial charge in [0, 0.05) is 13.0 Å². The summed E-state index contributed by atoms with van der Waals surface area (Å²) < 4.78 is 11.6. The number of benzene rings is 4. The Balaban J connectivity index is 1.23. The van der Waals surface area contributed by atoms with Crippen LogP contribution >= 0.6 is 0 Å². The van der Waals surface area contributed by atoms with Crippen LogP contribution in [0.2, 0.25) is 0 Å². The van der Waals surface area contributed by atoms with Crippen molar-refractivity contribution >= 4 is 11.5 Å². The van der Waals surface area contributed by atoms with Gasteiger partial charge in [-0.05, 0) is 71.4 Å². The van der Waals surface area contributed by atoms with Gasteiger partial charge in [0.2, 0.25) is 0 Å². The van der Waals surface area contributed by atoms with Crippen molar-refractivity contribution in [1.29, 1.82) is 0 Å². The second-order valence-electron chi connectivity index (χ2n) is 9.28. The van der Waals surface area contributed by atoms with Crippen molar-refractivity contribution in [3.63, 3.8) is 0 Å². The van der Waals surface area contributed by atoms with Gasteiger partial charge in [-0.15, -0.1) is 0 Å². The van der Waals surface area contributed by atoms with E-state index in [2.05, 4.69) is 61.5 Å². The molecule has 0 aliphatic heterocycles. The molecule has 1 unspecified atom stereocenters. The number of aliphatic carboxylic acids is 1. The summed E-state index contributed by atoms with van der Waals surface area (Å²) >= 11 is 0. The summed E-state index contributed by atoms with van der Waals surface area (Å²) in [5, 5.41) is 9.58. The van der Waals surface area contributed by atoms with Crippen LogP contribution in [0.4, 0.5) is 0 Å². The largest absolute Gasteiger partial charge is 0.490 e. The summed E-state index contributed by atoms with van der Waals surface area (Å²) in [6, 6.07) is 36.6. The van der Waals surface area contributed by atoms with Crippen molar-refractivity contribution in [3.8, 4) is 16.9 Å². The zero-order valence-corrected chi connectivity index (χ0v) is 21.8. The minimum Gasteiger partial charge on any atom is -0.490 e. The van der Waals surface area contributed by atoms with Crippen LogP contribution in [0.3, 0.4) is 0 Å². The minimum absolute atomic E-state index is 0.318. The highest BCUT2D eigenvalue weighted by Gasteiger charge is 2.18. The fraction of sp³-hybridized carbons (Fsp3) is 0.206. The summed E-state index contributed by atoms with van der Waals surface area (Å²) in [6.07, 6.45) is 3.17. The predicted molar refractivity (Wildman–Crippen MR) is 153 cm³/mol. The Hall–Kier alpha value is -4.15. The van der Waals surface area contributed by atoms with Crippen LogP contribution in [0.15, 0.2) is 115 Å². The first-order valence-electron chi connectivity index (χ1n) is 13.0. The Labute approximate surface area is 225 Å². The summed E-state index contributed by atoms with van der Waals surface area (Å²) in [4.78, 5) is 11.7. The number of rotatable bonds is 13. The Morgan fingerprint density at radius 1 is 0.789 bits per heavy atom. The molecule has 0 aliphatic rings. The molecule has 0 radical (unpaired) electrons. The van der Waals surface area contributed by atoms with E-state index in [-0.39, 0.29) is 0 Å². The second kappa shape index (κ2) is 14.0. The van der Waals surface area contributed by atoms with E-state index in [1.54, 1.807) is 0 Å². The zero-order valence-electron chi connectivity index (χ0n) is 21.8. The number of carbonyl (C=O) groups is 1. The van der Waals surface area contributed by atoms with Crippen molar-refractivity contribution < 1.29 is 19.4 Å². The Bertz CT molecular complexity index is 1290. The standard InChI is InChI=1S/C34H34O4/c1-26(29-16-18-31(19-17-29)30-12-6-3-7-13-30)22-24-37-32-20-14-28(15-21-32)25-33(34(35)36)38-23-8-11-27-9-4-2-5-10-27/h2-7,9-10,12-22,33H,8,11,23-25H2,1H3,(H,35,36)/b26-22-. The molecule has 4 nitrogen and oxygen atoms in total. The molecular formula is C34H34O4. The molecule has 0 bridgehead atoms. The van der Waals surface area contributed by atoms with Gasteiger partial charge in [-0.3, -0.25) is 0 Å². The molecule has 0 fully saturated rings. The van der Waals surface area contributed by atoms with Crippen molar-refractivity contribution in [2.45, 2.75) is 32.3 Å². The van der Waals surface area contributed by atoms with Crippen LogP contribution in [-0.2, 0) is 22.4 Å². The van der Waals surface area contributed by atoms with Gasteiger partial charge < -0.3 is 14.6 Å². The molecule has 4 heteroatoms. The molecule has 0 saturated carbocycles. The third-order valence-corrected chi connectivity index (χ3v) is 6.48. The monoisotopic (exact) mass is 506 g/mol. The van der Waals surface area contributed by atoms with Crippen molar-refractivity contribution in [2.24, 2.45) is 0 Å². The van der Waals surface area contributed by atoms with Gasteiger partial charge in [-0.1, -0.05) is 97.1 Å². The number of carboxylic acid groups (broad SMARTS) is 1. The zero-order chi connectivity index (χ0) is 26.6. The van der Waals surface area contributed by atoms with Gasteiger partial charge in [0.25, 0.3) is 0 Å². The van der Waals surface area contributed by atoms with Gasteiger partial charge in [-0.25, -0.2) is 4.79 Å². The minimum atomic E-state index is -0.942. The second-order valence-corrected chi connectivity index (χ2v) is 9.28. The van der Waals surface area contributed by atoms with Gasteiger partial charge in [-0.2, -0.15) is 0 Å². The number of hydrogen-bond acceptors (Lipinski definition) is 3. The molecule has 38 heavy (non-hydrogen) atoms. The summed E-state index contributed by atoms with van der Waals surface area (Å²) in [7, 11) is 0. The lowest BCUT2D eigenvalue weighted by atomic mass is 10.0. The van der Waals surface area contributed by atoms with Crippen molar-refractivity contribution in [3.05, 3.63) is 132 Å². The smallest absolute Gasteiger partial charge is 0.333 e. The number of aryl methyl sites for hydroxylation is 1. The molecule has 1 atom stereocenters. The third kappa shape index (κ3) is 8.19. The summed E-state index contributed by atoms with van der Waals surface area (Å²) in [6.45, 7) is 2.94. The van der Waals surface area contributed by atoms with E-state index in [1.165, 1.54) is 16.7 Å². The maximum Gasteiger partial charge on any atom is 0.333 e. The van der Waals surface area contributed by atoms with Gasteiger partial charge in [0.1, 0.15) is 12.4 Å². The molecule has 0 aromatic heterocycles. The fourth-order valence-electron chi connectivity index (χ4n) is 4.24. The van der Waals surface area contributed by atoms with E-state index in [4.69, 9.17) is 9.47 Å². The van der Waals surface area contributed by atoms with E-state index >= 15 is 0 Å². The first-order valence-corrected chi connectivity index (χ1v) is 13.0. The molecule has 4 rings (SSSR count). The van der Waals surface area contributed by atoms with Crippen LogP contribution in [0, 0.1) is 0 Å². The quantitative estimate of drug-likeness (QED) is 0.191. The van der Waals surface area contributed by atoms with Crippen LogP contribution in [-0.4, -0.2) is 30.4 Å². The summed E-state index contributed by atoms with van der Waals surface area (Å²) in [5.74, 6) is -0.199. The van der Waals surface area contributed by atoms with E-state index in [1.807, 2.05) is 60.7 Å². The lowest BCUT2D eigenvalue weighted by Crippen LogP contribution is -2.27. The van der Waals surface area contributed by atoms with Crippen LogP contribution < -0.4 is 4.74 Å². The van der Waals surface area contributed by atoms with Gasteiger partial charge in [0.05, 0.1) is 0 Å². The first-order chi connectivity index (χ1) is 18.6. The molecule has 0 heterocycles. The number of hydrogen-bond donors (Lipinski definition) is 1. The lowest BCUT2D eigenvalue weighted by molar-refractivity contribution is -0.150. The van der Waals surface area contributed by atoms with Gasteiger partial charge in [0.15, 0.2) is 6.10 Å². The molecule has 4 aromatic rings. The molecule has 0 aliphatic carbocycles. The van der Waals surface area contributed by atoms with Crippen LogP contribution in [0.1, 0.15) is 30.0 Å². The van der Waals surface area contributed by atoms with Crippen LogP contribution in [0.25, 0.3) is 16.7 Å². The molecular weight excluding hydrogens is 472 g/mol. The molecule has 194 valence electrons. The number of ether oxygens (including phenoxy) is 2. The Morgan fingerprint density at radius 3 is 2.08 bits per heavy atom. The maximum absolute atomic E-state index is 11.7. The average molecular weight is 507 g/mol. The fourth-order valence-corrected chi connectivity index (χ4v) is 4.24. The maximum atomic E-state index is 11.7. The van der Waals surface area contributed by atoms with Gasteiger partial charge >= 0.3 is 5.97 Å². The number of allylic oxidation sites excluding steroid dienone is 1. The molecule has 0 spiro atoms. The van der Waals surface area contributed by atoms with Crippen LogP contribution in [0.5, 0.6) is 5.75 Å². The lowest BCUT2D eigenvalue weighted by Gasteiger charge is -2.14. The normalized spacial score (nSPS) is 12.2. The topological polar surface area (TPSA) is 55.8 Å².